The zero-order valence-electron chi connectivity index (χ0n) is 9.45. The predicted molar refractivity (Wildman–Crippen MR) is 65.9 cm³/mol. The topological polar surface area (TPSA) is 38.5 Å². The quantitative estimate of drug-likeness (QED) is 0.877. The molecule has 16 heavy (non-hydrogen) atoms. The average molecular weight is 241 g/mol. The van der Waals surface area contributed by atoms with E-state index in [1.54, 1.807) is 7.11 Å². The molecule has 1 aliphatic heterocycles. The van der Waals surface area contributed by atoms with E-state index in [1.807, 2.05) is 18.2 Å². The van der Waals surface area contributed by atoms with Crippen LogP contribution < -0.4 is 10.5 Å². The van der Waals surface area contributed by atoms with Crippen LogP contribution in [0.25, 0.3) is 0 Å². The number of rotatable bonds is 3. The van der Waals surface area contributed by atoms with Crippen LogP contribution in [0, 0.1) is 0 Å². The highest BCUT2D eigenvalue weighted by atomic mass is 35.5. The summed E-state index contributed by atoms with van der Waals surface area (Å²) < 4.78 is 5.20. The third kappa shape index (κ3) is 2.48. The molecule has 3 nitrogen and oxygen atoms in total. The van der Waals surface area contributed by atoms with E-state index in [4.69, 9.17) is 22.1 Å². The van der Waals surface area contributed by atoms with E-state index in [9.17, 15) is 0 Å². The summed E-state index contributed by atoms with van der Waals surface area (Å²) in [4.78, 5) is 2.32. The zero-order chi connectivity index (χ0) is 11.5. The van der Waals surface area contributed by atoms with Crippen molar-refractivity contribution in [1.82, 2.24) is 4.90 Å². The summed E-state index contributed by atoms with van der Waals surface area (Å²) >= 11 is 6.24. The molecule has 0 spiro atoms. The van der Waals surface area contributed by atoms with Gasteiger partial charge in [0.25, 0.3) is 0 Å². The van der Waals surface area contributed by atoms with Gasteiger partial charge < -0.3 is 10.5 Å². The number of halogens is 1. The lowest BCUT2D eigenvalue weighted by Gasteiger charge is -2.17. The maximum absolute atomic E-state index is 6.24. The molecule has 1 heterocycles. The number of benzene rings is 1. The largest absolute Gasteiger partial charge is 0.495 e. The normalized spacial score (nSPS) is 21.3. The van der Waals surface area contributed by atoms with Gasteiger partial charge in [0.2, 0.25) is 0 Å². The van der Waals surface area contributed by atoms with Gasteiger partial charge in [-0.2, -0.15) is 0 Å². The highest BCUT2D eigenvalue weighted by Gasteiger charge is 2.20. The van der Waals surface area contributed by atoms with Crippen molar-refractivity contribution in [2.75, 3.05) is 20.2 Å². The van der Waals surface area contributed by atoms with Gasteiger partial charge in [0.1, 0.15) is 5.75 Å². The maximum Gasteiger partial charge on any atom is 0.137 e. The molecule has 0 radical (unpaired) electrons. The van der Waals surface area contributed by atoms with E-state index in [1.165, 1.54) is 0 Å². The van der Waals surface area contributed by atoms with Crippen molar-refractivity contribution in [3.05, 3.63) is 28.8 Å². The first-order valence-corrected chi connectivity index (χ1v) is 5.88. The highest BCUT2D eigenvalue weighted by Crippen LogP contribution is 2.29. The Hall–Kier alpha value is -0.770. The van der Waals surface area contributed by atoms with Crippen LogP contribution in [0.3, 0.4) is 0 Å². The second-order valence-electron chi connectivity index (χ2n) is 4.22. The summed E-state index contributed by atoms with van der Waals surface area (Å²) in [7, 11) is 1.64. The van der Waals surface area contributed by atoms with E-state index in [0.29, 0.717) is 11.1 Å². The molecule has 0 aliphatic carbocycles. The van der Waals surface area contributed by atoms with E-state index in [0.717, 1.165) is 37.4 Å². The third-order valence-electron chi connectivity index (χ3n) is 2.97. The molecule has 2 N–H and O–H groups in total. The SMILES string of the molecule is COc1cccc(CN2CCC(N)C2)c1Cl. The minimum absolute atomic E-state index is 0.310. The van der Waals surface area contributed by atoms with Gasteiger partial charge in [-0.05, 0) is 18.1 Å². The van der Waals surface area contributed by atoms with Gasteiger partial charge in [-0.15, -0.1) is 0 Å². The second-order valence-corrected chi connectivity index (χ2v) is 4.60. The first-order valence-electron chi connectivity index (χ1n) is 5.50. The first kappa shape index (κ1) is 11.7. The molecule has 1 fully saturated rings. The fourth-order valence-corrected chi connectivity index (χ4v) is 2.35. The van der Waals surface area contributed by atoms with E-state index in [2.05, 4.69) is 4.90 Å². The third-order valence-corrected chi connectivity index (χ3v) is 3.39. The zero-order valence-corrected chi connectivity index (χ0v) is 10.2. The molecule has 1 aliphatic rings. The monoisotopic (exact) mass is 240 g/mol. The Bertz CT molecular complexity index is 370. The molecule has 2 rings (SSSR count). The van der Waals surface area contributed by atoms with Crippen molar-refractivity contribution in [2.45, 2.75) is 19.0 Å². The summed E-state index contributed by atoms with van der Waals surface area (Å²) in [6.45, 7) is 2.85. The highest BCUT2D eigenvalue weighted by molar-refractivity contribution is 6.32. The average Bonchev–Trinajstić information content (AvgIpc) is 2.67. The molecule has 1 saturated heterocycles. The summed E-state index contributed by atoms with van der Waals surface area (Å²) in [6, 6.07) is 6.19. The number of likely N-dealkylation sites (tertiary alicyclic amines) is 1. The van der Waals surface area contributed by atoms with Crippen molar-refractivity contribution in [3.63, 3.8) is 0 Å². The Kier molecular flexibility index (Phi) is 3.69. The second kappa shape index (κ2) is 5.04. The molecule has 1 aromatic carbocycles. The van der Waals surface area contributed by atoms with Crippen LogP contribution in [-0.4, -0.2) is 31.1 Å². The predicted octanol–water partition coefficient (Wildman–Crippen LogP) is 1.88. The number of hydrogen-bond donors (Lipinski definition) is 1. The van der Waals surface area contributed by atoms with Gasteiger partial charge >= 0.3 is 0 Å². The van der Waals surface area contributed by atoms with E-state index in [-0.39, 0.29) is 0 Å². The standard InChI is InChI=1S/C12H17ClN2O/c1-16-11-4-2-3-9(12(11)13)7-15-6-5-10(14)8-15/h2-4,10H,5-8,14H2,1H3. The number of hydrogen-bond acceptors (Lipinski definition) is 3. The van der Waals surface area contributed by atoms with Crippen molar-refractivity contribution < 1.29 is 4.74 Å². The maximum atomic E-state index is 6.24. The van der Waals surface area contributed by atoms with Crippen LogP contribution in [-0.2, 0) is 6.54 Å². The van der Waals surface area contributed by atoms with Gasteiger partial charge in [-0.25, -0.2) is 0 Å². The molecule has 0 aromatic heterocycles. The molecule has 1 aromatic rings. The van der Waals surface area contributed by atoms with Crippen LogP contribution in [0.5, 0.6) is 5.75 Å². The van der Waals surface area contributed by atoms with Gasteiger partial charge in [0.05, 0.1) is 12.1 Å². The fraction of sp³-hybridized carbons (Fsp3) is 0.500. The van der Waals surface area contributed by atoms with Crippen molar-refractivity contribution >= 4 is 11.6 Å². The lowest BCUT2D eigenvalue weighted by molar-refractivity contribution is 0.326. The van der Waals surface area contributed by atoms with Gasteiger partial charge in [-0.3, -0.25) is 4.90 Å². The van der Waals surface area contributed by atoms with Gasteiger partial charge in [-0.1, -0.05) is 23.7 Å². The van der Waals surface area contributed by atoms with Crippen LogP contribution in [0.2, 0.25) is 5.02 Å². The minimum Gasteiger partial charge on any atom is -0.495 e. The molecule has 0 amide bonds. The van der Waals surface area contributed by atoms with Crippen molar-refractivity contribution in [3.8, 4) is 5.75 Å². The van der Waals surface area contributed by atoms with Crippen molar-refractivity contribution in [1.29, 1.82) is 0 Å². The Morgan fingerprint density at radius 2 is 2.38 bits per heavy atom. The molecule has 0 bridgehead atoms. The van der Waals surface area contributed by atoms with Crippen LogP contribution in [0.1, 0.15) is 12.0 Å². The first-order chi connectivity index (χ1) is 7.70. The molecule has 0 saturated carbocycles. The summed E-state index contributed by atoms with van der Waals surface area (Å²) in [6.07, 6.45) is 1.07. The van der Waals surface area contributed by atoms with Crippen LogP contribution in [0.15, 0.2) is 18.2 Å². The lowest BCUT2D eigenvalue weighted by Crippen LogP contribution is -2.26. The summed E-state index contributed by atoms with van der Waals surface area (Å²) in [5.41, 5.74) is 6.98. The fourth-order valence-electron chi connectivity index (χ4n) is 2.08. The minimum atomic E-state index is 0.310. The Balaban J connectivity index is 2.09. The number of nitrogens with zero attached hydrogens (tertiary/aromatic N) is 1. The summed E-state index contributed by atoms with van der Waals surface area (Å²) in [5.74, 6) is 0.739. The molecular formula is C12H17ClN2O. The molecule has 4 heteroatoms. The smallest absolute Gasteiger partial charge is 0.137 e. The lowest BCUT2D eigenvalue weighted by atomic mass is 10.2. The Morgan fingerprint density at radius 1 is 1.56 bits per heavy atom. The molecule has 1 atom stereocenters. The molecular weight excluding hydrogens is 224 g/mol. The van der Waals surface area contributed by atoms with Gasteiger partial charge in [0.15, 0.2) is 0 Å². The summed E-state index contributed by atoms with van der Waals surface area (Å²) in [5, 5.41) is 0.713. The molecule has 88 valence electrons. The Morgan fingerprint density at radius 3 is 3.00 bits per heavy atom. The van der Waals surface area contributed by atoms with Crippen LogP contribution in [0.4, 0.5) is 0 Å². The van der Waals surface area contributed by atoms with E-state index >= 15 is 0 Å². The van der Waals surface area contributed by atoms with Crippen LogP contribution >= 0.6 is 11.6 Å². The van der Waals surface area contributed by atoms with E-state index < -0.39 is 0 Å². The van der Waals surface area contributed by atoms with Crippen molar-refractivity contribution in [2.24, 2.45) is 5.73 Å². The number of methoxy groups -OCH3 is 1. The van der Waals surface area contributed by atoms with Gasteiger partial charge in [0, 0.05) is 25.7 Å². The Labute approximate surface area is 101 Å². The molecule has 1 unspecified atom stereocenters. The number of ether oxygens (including phenoxy) is 1. The number of nitrogens with two attached hydrogens (primary N) is 1.